The molecule has 2 aromatic rings. The van der Waals surface area contributed by atoms with Crippen molar-refractivity contribution in [3.63, 3.8) is 0 Å². The highest BCUT2D eigenvalue weighted by Gasteiger charge is 2.29. The van der Waals surface area contributed by atoms with Crippen LogP contribution < -0.4 is 15.2 Å². The van der Waals surface area contributed by atoms with Crippen LogP contribution in [0.3, 0.4) is 0 Å². The van der Waals surface area contributed by atoms with E-state index in [0.29, 0.717) is 55.3 Å². The first kappa shape index (κ1) is 20.1. The van der Waals surface area contributed by atoms with Gasteiger partial charge in [0.2, 0.25) is 0 Å². The zero-order valence-electron chi connectivity index (χ0n) is 15.8. The standard InChI is InChI=1S/C21H24F2N2O3/c1-27-18-2-3-19(20(12-18)28-7-5-24)21(26)25-6-4-14(13-25)8-15-9-16(22)11-17(23)10-15/h2-3,9-12,14H,4-8,13,24H2,1H3. The maximum atomic E-state index is 13.4. The lowest BCUT2D eigenvalue weighted by Gasteiger charge is -2.19. The Balaban J connectivity index is 1.70. The lowest BCUT2D eigenvalue weighted by molar-refractivity contribution is 0.0782. The number of hydrogen-bond acceptors (Lipinski definition) is 4. The molecule has 2 N–H and O–H groups in total. The van der Waals surface area contributed by atoms with Crippen molar-refractivity contribution in [1.82, 2.24) is 4.90 Å². The van der Waals surface area contributed by atoms with Crippen molar-refractivity contribution >= 4 is 5.91 Å². The van der Waals surface area contributed by atoms with Gasteiger partial charge in [-0.05, 0) is 48.6 Å². The Morgan fingerprint density at radius 1 is 1.21 bits per heavy atom. The highest BCUT2D eigenvalue weighted by molar-refractivity contribution is 5.97. The van der Waals surface area contributed by atoms with Gasteiger partial charge in [0.05, 0.1) is 12.7 Å². The first-order valence-electron chi connectivity index (χ1n) is 9.25. The van der Waals surface area contributed by atoms with Crippen LogP contribution in [0.2, 0.25) is 0 Å². The van der Waals surface area contributed by atoms with Gasteiger partial charge in [-0.15, -0.1) is 0 Å². The zero-order valence-corrected chi connectivity index (χ0v) is 15.8. The Bertz CT molecular complexity index is 824. The van der Waals surface area contributed by atoms with Gasteiger partial charge in [-0.1, -0.05) is 0 Å². The number of amides is 1. The molecule has 7 heteroatoms. The summed E-state index contributed by atoms with van der Waals surface area (Å²) in [7, 11) is 1.55. The molecule has 0 aliphatic carbocycles. The molecule has 1 atom stereocenters. The monoisotopic (exact) mass is 390 g/mol. The van der Waals surface area contributed by atoms with E-state index in [1.165, 1.54) is 12.1 Å². The molecule has 1 saturated heterocycles. The van der Waals surface area contributed by atoms with Gasteiger partial charge in [0, 0.05) is 31.8 Å². The number of rotatable bonds is 7. The Hall–Kier alpha value is -2.67. The number of carbonyl (C=O) groups excluding carboxylic acids is 1. The second kappa shape index (κ2) is 9.01. The summed E-state index contributed by atoms with van der Waals surface area (Å²) in [6.45, 7) is 1.74. The normalized spacial score (nSPS) is 16.3. The predicted octanol–water partition coefficient (Wildman–Crippen LogP) is 3.02. The van der Waals surface area contributed by atoms with E-state index < -0.39 is 11.6 Å². The van der Waals surface area contributed by atoms with Crippen LogP contribution >= 0.6 is 0 Å². The van der Waals surface area contributed by atoms with Gasteiger partial charge < -0.3 is 20.1 Å². The lowest BCUT2D eigenvalue weighted by Crippen LogP contribution is -2.29. The summed E-state index contributed by atoms with van der Waals surface area (Å²) in [5, 5.41) is 0. The fourth-order valence-electron chi connectivity index (χ4n) is 3.51. The molecule has 1 fully saturated rings. The van der Waals surface area contributed by atoms with Crippen LogP contribution in [0.5, 0.6) is 11.5 Å². The Kier molecular flexibility index (Phi) is 6.46. The van der Waals surface area contributed by atoms with Gasteiger partial charge in [0.1, 0.15) is 29.7 Å². The average molecular weight is 390 g/mol. The molecule has 3 rings (SSSR count). The minimum Gasteiger partial charge on any atom is -0.497 e. The molecular weight excluding hydrogens is 366 g/mol. The van der Waals surface area contributed by atoms with Gasteiger partial charge >= 0.3 is 0 Å². The molecule has 28 heavy (non-hydrogen) atoms. The van der Waals surface area contributed by atoms with Crippen LogP contribution in [-0.4, -0.2) is 44.2 Å². The van der Waals surface area contributed by atoms with Gasteiger partial charge in [0.25, 0.3) is 5.91 Å². The minimum absolute atomic E-state index is 0.136. The predicted molar refractivity (Wildman–Crippen MR) is 102 cm³/mol. The van der Waals surface area contributed by atoms with Gasteiger partial charge in [-0.2, -0.15) is 0 Å². The van der Waals surface area contributed by atoms with E-state index in [0.717, 1.165) is 12.5 Å². The summed E-state index contributed by atoms with van der Waals surface area (Å²) in [6, 6.07) is 8.62. The molecule has 0 aromatic heterocycles. The molecular formula is C21H24F2N2O3. The zero-order chi connectivity index (χ0) is 20.1. The third-order valence-corrected chi connectivity index (χ3v) is 4.81. The van der Waals surface area contributed by atoms with E-state index in [-0.39, 0.29) is 11.8 Å². The summed E-state index contributed by atoms with van der Waals surface area (Å²) in [5.74, 6) is -0.123. The number of hydrogen-bond donors (Lipinski definition) is 1. The number of halogens is 2. The van der Waals surface area contributed by atoms with E-state index in [4.69, 9.17) is 15.2 Å². The molecule has 5 nitrogen and oxygen atoms in total. The van der Waals surface area contributed by atoms with Gasteiger partial charge in [-0.3, -0.25) is 4.79 Å². The van der Waals surface area contributed by atoms with Crippen LogP contribution in [0.25, 0.3) is 0 Å². The minimum atomic E-state index is -0.583. The Labute approximate surface area is 163 Å². The fraction of sp³-hybridized carbons (Fsp3) is 0.381. The van der Waals surface area contributed by atoms with Crippen LogP contribution in [0, 0.1) is 17.6 Å². The van der Waals surface area contributed by atoms with Gasteiger partial charge in [-0.25, -0.2) is 8.78 Å². The van der Waals surface area contributed by atoms with Crippen molar-refractivity contribution < 1.29 is 23.0 Å². The van der Waals surface area contributed by atoms with Crippen molar-refractivity contribution in [2.75, 3.05) is 33.4 Å². The summed E-state index contributed by atoms with van der Waals surface area (Å²) in [5.41, 5.74) is 6.56. The van der Waals surface area contributed by atoms with Crippen LogP contribution in [0.4, 0.5) is 8.78 Å². The summed E-state index contributed by atoms with van der Waals surface area (Å²) in [6.07, 6.45) is 1.30. The number of carbonyl (C=O) groups is 1. The topological polar surface area (TPSA) is 64.8 Å². The van der Waals surface area contributed by atoms with E-state index in [1.807, 2.05) is 0 Å². The van der Waals surface area contributed by atoms with E-state index in [2.05, 4.69) is 0 Å². The lowest BCUT2D eigenvalue weighted by atomic mass is 9.98. The molecule has 1 unspecified atom stereocenters. The number of likely N-dealkylation sites (tertiary alicyclic amines) is 1. The van der Waals surface area contributed by atoms with Crippen molar-refractivity contribution in [3.8, 4) is 11.5 Å². The molecule has 1 heterocycles. The van der Waals surface area contributed by atoms with E-state index >= 15 is 0 Å². The second-order valence-corrected chi connectivity index (χ2v) is 6.89. The highest BCUT2D eigenvalue weighted by Crippen LogP contribution is 2.29. The maximum absolute atomic E-state index is 13.4. The first-order valence-corrected chi connectivity index (χ1v) is 9.25. The number of ether oxygens (including phenoxy) is 2. The molecule has 0 saturated carbocycles. The van der Waals surface area contributed by atoms with Crippen molar-refractivity contribution in [2.24, 2.45) is 11.7 Å². The van der Waals surface area contributed by atoms with Crippen molar-refractivity contribution in [2.45, 2.75) is 12.8 Å². The third-order valence-electron chi connectivity index (χ3n) is 4.81. The second-order valence-electron chi connectivity index (χ2n) is 6.89. The quantitative estimate of drug-likeness (QED) is 0.789. The van der Waals surface area contributed by atoms with Gasteiger partial charge in [0.15, 0.2) is 0 Å². The third kappa shape index (κ3) is 4.78. The molecule has 0 spiro atoms. The van der Waals surface area contributed by atoms with E-state index in [9.17, 15) is 13.6 Å². The molecule has 150 valence electrons. The Morgan fingerprint density at radius 2 is 1.96 bits per heavy atom. The largest absolute Gasteiger partial charge is 0.497 e. The van der Waals surface area contributed by atoms with Crippen molar-refractivity contribution in [1.29, 1.82) is 0 Å². The number of benzene rings is 2. The number of nitrogens with zero attached hydrogens (tertiary/aromatic N) is 1. The summed E-state index contributed by atoms with van der Waals surface area (Å²) >= 11 is 0. The molecule has 2 aromatic carbocycles. The molecule has 0 bridgehead atoms. The SMILES string of the molecule is COc1ccc(C(=O)N2CCC(Cc3cc(F)cc(F)c3)C2)c(OCCN)c1. The molecule has 1 aliphatic rings. The molecule has 1 aliphatic heterocycles. The average Bonchev–Trinajstić information content (AvgIpc) is 3.13. The van der Waals surface area contributed by atoms with E-state index in [1.54, 1.807) is 30.2 Å². The summed E-state index contributed by atoms with van der Waals surface area (Å²) < 4.78 is 37.6. The fourth-order valence-corrected chi connectivity index (χ4v) is 3.51. The number of methoxy groups -OCH3 is 1. The summed E-state index contributed by atoms with van der Waals surface area (Å²) in [4.78, 5) is 14.7. The Morgan fingerprint density at radius 3 is 2.64 bits per heavy atom. The van der Waals surface area contributed by atoms with Crippen molar-refractivity contribution in [3.05, 3.63) is 59.2 Å². The van der Waals surface area contributed by atoms with Crippen LogP contribution in [-0.2, 0) is 6.42 Å². The van der Waals surface area contributed by atoms with Crippen LogP contribution in [0.1, 0.15) is 22.3 Å². The number of nitrogens with two attached hydrogens (primary N) is 1. The van der Waals surface area contributed by atoms with Crippen LogP contribution in [0.15, 0.2) is 36.4 Å². The molecule has 1 amide bonds. The maximum Gasteiger partial charge on any atom is 0.257 e. The smallest absolute Gasteiger partial charge is 0.257 e. The first-order chi connectivity index (χ1) is 13.5. The molecule has 0 radical (unpaired) electrons. The highest BCUT2D eigenvalue weighted by atomic mass is 19.1.